The summed E-state index contributed by atoms with van der Waals surface area (Å²) in [5.74, 6) is 0. The molecule has 0 aromatic rings. The molecule has 1 amide bonds. The van der Waals surface area contributed by atoms with Crippen LogP contribution in [-0.2, 0) is 4.74 Å². The Bertz CT molecular complexity index is 226. The van der Waals surface area contributed by atoms with Gasteiger partial charge in [0.05, 0.1) is 6.04 Å². The Morgan fingerprint density at radius 3 is 2.33 bits per heavy atom. The first kappa shape index (κ1) is 17.2. The van der Waals surface area contributed by atoms with Crippen LogP contribution < -0.4 is 5.32 Å². The smallest absolute Gasteiger partial charge is 0.407 e. The number of hydrogen-bond donors (Lipinski definition) is 1. The molecule has 0 fully saturated rings. The molecular weight excluding hydrogens is 233 g/mol. The second kappa shape index (κ2) is 9.17. The van der Waals surface area contributed by atoms with E-state index in [1.165, 1.54) is 19.3 Å². The highest BCUT2D eigenvalue weighted by atomic mass is 19.1. The Kier molecular flexibility index (Phi) is 8.77. The van der Waals surface area contributed by atoms with E-state index in [1.54, 1.807) is 20.8 Å². The summed E-state index contributed by atoms with van der Waals surface area (Å²) < 4.78 is 17.9. The maximum absolute atomic E-state index is 12.8. The summed E-state index contributed by atoms with van der Waals surface area (Å²) in [5.41, 5.74) is -0.536. The Labute approximate surface area is 110 Å². The molecule has 0 rings (SSSR count). The number of halogens is 1. The molecule has 0 aliphatic rings. The van der Waals surface area contributed by atoms with E-state index in [2.05, 4.69) is 12.2 Å². The maximum atomic E-state index is 12.8. The highest BCUT2D eigenvalue weighted by Gasteiger charge is 2.19. The van der Waals surface area contributed by atoms with E-state index in [-0.39, 0.29) is 0 Å². The molecular formula is C14H28FNO2. The molecule has 0 heterocycles. The van der Waals surface area contributed by atoms with Crippen molar-refractivity contribution in [3.05, 3.63) is 0 Å². The van der Waals surface area contributed by atoms with Crippen LogP contribution in [0.1, 0.15) is 66.2 Å². The molecule has 4 heteroatoms. The van der Waals surface area contributed by atoms with Gasteiger partial charge in [-0.3, -0.25) is 0 Å². The van der Waals surface area contributed by atoms with Gasteiger partial charge in [0, 0.05) is 0 Å². The van der Waals surface area contributed by atoms with Crippen LogP contribution in [0.3, 0.4) is 0 Å². The van der Waals surface area contributed by atoms with Gasteiger partial charge < -0.3 is 10.1 Å². The van der Waals surface area contributed by atoms with Crippen LogP contribution in [0.5, 0.6) is 0 Å². The Morgan fingerprint density at radius 1 is 1.22 bits per heavy atom. The van der Waals surface area contributed by atoms with E-state index in [4.69, 9.17) is 4.74 Å². The van der Waals surface area contributed by atoms with Crippen LogP contribution >= 0.6 is 0 Å². The summed E-state index contributed by atoms with van der Waals surface area (Å²) in [7, 11) is 0. The van der Waals surface area contributed by atoms with Gasteiger partial charge in [-0.2, -0.15) is 0 Å². The number of rotatable bonds is 8. The fraction of sp³-hybridized carbons (Fsp3) is 0.929. The average molecular weight is 261 g/mol. The lowest BCUT2D eigenvalue weighted by Crippen LogP contribution is -2.40. The third-order valence-electron chi connectivity index (χ3n) is 2.56. The first-order valence-electron chi connectivity index (χ1n) is 6.94. The van der Waals surface area contributed by atoms with Gasteiger partial charge in [0.15, 0.2) is 0 Å². The minimum Gasteiger partial charge on any atom is -0.444 e. The van der Waals surface area contributed by atoms with Crippen molar-refractivity contribution >= 4 is 6.09 Å². The van der Waals surface area contributed by atoms with Crippen LogP contribution in [0, 0.1) is 0 Å². The van der Waals surface area contributed by atoms with Gasteiger partial charge in [-0.05, 0) is 27.2 Å². The van der Waals surface area contributed by atoms with Gasteiger partial charge in [-0.15, -0.1) is 0 Å². The molecule has 0 radical (unpaired) electrons. The van der Waals surface area contributed by atoms with Crippen molar-refractivity contribution in [1.82, 2.24) is 5.32 Å². The first-order chi connectivity index (χ1) is 8.39. The second-order valence-corrected chi connectivity index (χ2v) is 5.70. The predicted molar refractivity (Wildman–Crippen MR) is 72.5 cm³/mol. The van der Waals surface area contributed by atoms with Crippen molar-refractivity contribution in [1.29, 1.82) is 0 Å². The molecule has 108 valence electrons. The predicted octanol–water partition coefficient (Wildman–Crippen LogP) is 4.21. The molecule has 18 heavy (non-hydrogen) atoms. The van der Waals surface area contributed by atoms with Crippen molar-refractivity contribution in [2.75, 3.05) is 6.67 Å². The second-order valence-electron chi connectivity index (χ2n) is 5.70. The minimum absolute atomic E-state index is 0.415. The summed E-state index contributed by atoms with van der Waals surface area (Å²) in [6.07, 6.45) is 5.80. The number of amides is 1. The summed E-state index contributed by atoms with van der Waals surface area (Å²) in [4.78, 5) is 11.5. The quantitative estimate of drug-likeness (QED) is 0.665. The van der Waals surface area contributed by atoms with E-state index in [0.717, 1.165) is 12.8 Å². The largest absolute Gasteiger partial charge is 0.444 e. The first-order valence-corrected chi connectivity index (χ1v) is 6.94. The number of carbonyl (C=O) groups is 1. The lowest BCUT2D eigenvalue weighted by Gasteiger charge is -2.22. The van der Waals surface area contributed by atoms with Gasteiger partial charge in [0.1, 0.15) is 12.3 Å². The van der Waals surface area contributed by atoms with Gasteiger partial charge in [0.25, 0.3) is 0 Å². The highest BCUT2D eigenvalue weighted by molar-refractivity contribution is 5.68. The van der Waals surface area contributed by atoms with Crippen LogP contribution in [0.2, 0.25) is 0 Å². The monoisotopic (exact) mass is 261 g/mol. The lowest BCUT2D eigenvalue weighted by atomic mass is 10.1. The van der Waals surface area contributed by atoms with E-state index in [0.29, 0.717) is 6.42 Å². The molecule has 0 aromatic heterocycles. The summed E-state index contributed by atoms with van der Waals surface area (Å²) >= 11 is 0. The molecule has 0 saturated carbocycles. The molecule has 1 N–H and O–H groups in total. The lowest BCUT2D eigenvalue weighted by molar-refractivity contribution is 0.0492. The van der Waals surface area contributed by atoms with Crippen molar-refractivity contribution < 1.29 is 13.9 Å². The molecule has 0 aromatic carbocycles. The van der Waals surface area contributed by atoms with Crippen molar-refractivity contribution in [2.24, 2.45) is 0 Å². The molecule has 3 nitrogen and oxygen atoms in total. The standard InChI is InChI=1S/C14H28FNO2/c1-5-6-7-8-9-10-12(11-15)16-13(17)18-14(2,3)4/h12H,5-11H2,1-4H3,(H,16,17)/t12-/m0/s1. The number of unbranched alkanes of at least 4 members (excludes halogenated alkanes) is 4. The number of ether oxygens (including phenoxy) is 1. The van der Waals surface area contributed by atoms with Gasteiger partial charge in [-0.1, -0.05) is 39.0 Å². The van der Waals surface area contributed by atoms with Crippen molar-refractivity contribution in [3.8, 4) is 0 Å². The molecule has 0 bridgehead atoms. The Morgan fingerprint density at radius 2 is 1.83 bits per heavy atom. The fourth-order valence-corrected chi connectivity index (χ4v) is 1.66. The maximum Gasteiger partial charge on any atom is 0.407 e. The molecule has 0 saturated heterocycles. The summed E-state index contributed by atoms with van der Waals surface area (Å²) in [6.45, 7) is 7.01. The Hall–Kier alpha value is -0.800. The third kappa shape index (κ3) is 10.4. The zero-order valence-corrected chi connectivity index (χ0v) is 12.2. The molecule has 0 aliphatic heterocycles. The van der Waals surface area contributed by atoms with Crippen LogP contribution in [0.4, 0.5) is 9.18 Å². The molecule has 0 aliphatic carbocycles. The SMILES string of the molecule is CCCCCCC[C@@H](CF)NC(=O)OC(C)(C)C. The van der Waals surface area contributed by atoms with Crippen LogP contribution in [0.25, 0.3) is 0 Å². The number of alkyl carbamates (subject to hydrolysis) is 1. The normalized spacial score (nSPS) is 13.2. The zero-order valence-electron chi connectivity index (χ0n) is 12.2. The van der Waals surface area contributed by atoms with Gasteiger partial charge in [-0.25, -0.2) is 9.18 Å². The van der Waals surface area contributed by atoms with E-state index < -0.39 is 24.4 Å². The zero-order chi connectivity index (χ0) is 14.0. The molecule has 0 unspecified atom stereocenters. The Balaban J connectivity index is 3.79. The van der Waals surface area contributed by atoms with Gasteiger partial charge in [0.2, 0.25) is 0 Å². The molecule has 1 atom stereocenters. The summed E-state index contributed by atoms with van der Waals surface area (Å²) in [6, 6.07) is -0.415. The number of alkyl halides is 1. The minimum atomic E-state index is -0.536. The van der Waals surface area contributed by atoms with Crippen LogP contribution in [-0.4, -0.2) is 24.4 Å². The number of nitrogens with one attached hydrogen (secondary N) is 1. The van der Waals surface area contributed by atoms with E-state index in [9.17, 15) is 9.18 Å². The topological polar surface area (TPSA) is 38.3 Å². The highest BCUT2D eigenvalue weighted by Crippen LogP contribution is 2.10. The van der Waals surface area contributed by atoms with Crippen molar-refractivity contribution in [3.63, 3.8) is 0 Å². The third-order valence-corrected chi connectivity index (χ3v) is 2.56. The van der Waals surface area contributed by atoms with E-state index >= 15 is 0 Å². The number of carbonyl (C=O) groups excluding carboxylic acids is 1. The van der Waals surface area contributed by atoms with Crippen molar-refractivity contribution in [2.45, 2.75) is 77.9 Å². The van der Waals surface area contributed by atoms with Gasteiger partial charge >= 0.3 is 6.09 Å². The molecule has 0 spiro atoms. The van der Waals surface area contributed by atoms with Crippen LogP contribution in [0.15, 0.2) is 0 Å². The fourth-order valence-electron chi connectivity index (χ4n) is 1.66. The summed E-state index contributed by atoms with van der Waals surface area (Å²) in [5, 5.41) is 2.58. The van der Waals surface area contributed by atoms with E-state index in [1.807, 2.05) is 0 Å². The average Bonchev–Trinajstić information content (AvgIpc) is 2.24. The number of hydrogen-bond acceptors (Lipinski definition) is 2.